The normalized spacial score (nSPS) is 10.0. The number of nitrogens with zero attached hydrogens (tertiary/aromatic N) is 5. The van der Waals surface area contributed by atoms with E-state index in [4.69, 9.17) is 5.53 Å². The Labute approximate surface area is 121 Å². The summed E-state index contributed by atoms with van der Waals surface area (Å²) in [4.78, 5) is 2.78. The van der Waals surface area contributed by atoms with Crippen LogP contribution in [-0.2, 0) is 6.54 Å². The Balaban J connectivity index is 2.12. The Bertz CT molecular complexity index is 880. The maximum atomic E-state index is 9.27. The molecule has 0 saturated carbocycles. The van der Waals surface area contributed by atoms with E-state index in [1.165, 1.54) is 0 Å². The first kappa shape index (κ1) is 12.8. The molecular formula is C16H11N5. The number of benzene rings is 2. The second-order valence-electron chi connectivity index (χ2n) is 4.66. The second kappa shape index (κ2) is 5.41. The molecule has 5 heteroatoms. The van der Waals surface area contributed by atoms with E-state index in [1.54, 1.807) is 12.1 Å². The van der Waals surface area contributed by atoms with E-state index in [1.807, 2.05) is 47.2 Å². The van der Waals surface area contributed by atoms with Crippen LogP contribution >= 0.6 is 0 Å². The molecule has 0 N–H and O–H groups in total. The van der Waals surface area contributed by atoms with Gasteiger partial charge in [-0.25, -0.2) is 0 Å². The molecule has 0 radical (unpaired) electrons. The van der Waals surface area contributed by atoms with Crippen molar-refractivity contribution in [1.29, 1.82) is 5.26 Å². The van der Waals surface area contributed by atoms with E-state index < -0.39 is 0 Å². The van der Waals surface area contributed by atoms with Crippen molar-refractivity contribution >= 4 is 16.6 Å². The number of aromatic nitrogens is 1. The second-order valence-corrected chi connectivity index (χ2v) is 4.66. The van der Waals surface area contributed by atoms with Crippen LogP contribution in [0.5, 0.6) is 0 Å². The lowest BCUT2D eigenvalue weighted by atomic mass is 10.1. The lowest BCUT2D eigenvalue weighted by molar-refractivity contribution is 0.836. The maximum Gasteiger partial charge on any atom is 0.101 e. The fourth-order valence-corrected chi connectivity index (χ4v) is 2.40. The fraction of sp³-hybridized carbons (Fsp3) is 0.0625. The molecule has 1 aromatic heterocycles. The zero-order valence-corrected chi connectivity index (χ0v) is 11.1. The topological polar surface area (TPSA) is 77.5 Å². The molecule has 0 unspecified atom stereocenters. The molecule has 0 aliphatic rings. The zero-order chi connectivity index (χ0) is 14.7. The molecule has 0 amide bonds. The van der Waals surface area contributed by atoms with Gasteiger partial charge in [0.05, 0.1) is 5.56 Å². The van der Waals surface area contributed by atoms with Crippen LogP contribution < -0.4 is 0 Å². The summed E-state index contributed by atoms with van der Waals surface area (Å²) in [5.41, 5.74) is 11.7. The van der Waals surface area contributed by atoms with Crippen molar-refractivity contribution in [1.82, 2.24) is 4.57 Å². The summed E-state index contributed by atoms with van der Waals surface area (Å²) in [7, 11) is 0. The predicted octanol–water partition coefficient (Wildman–Crippen LogP) is 4.50. The first-order valence-electron chi connectivity index (χ1n) is 6.44. The van der Waals surface area contributed by atoms with Crippen LogP contribution in [0.25, 0.3) is 21.3 Å². The van der Waals surface area contributed by atoms with Crippen LogP contribution in [-0.4, -0.2) is 4.57 Å². The van der Waals surface area contributed by atoms with Crippen molar-refractivity contribution in [3.63, 3.8) is 0 Å². The molecule has 0 spiro atoms. The minimum Gasteiger partial charge on any atom is -0.342 e. The summed E-state index contributed by atoms with van der Waals surface area (Å²) in [6, 6.07) is 17.6. The van der Waals surface area contributed by atoms with Gasteiger partial charge in [-0.2, -0.15) is 5.26 Å². The summed E-state index contributed by atoms with van der Waals surface area (Å²) in [5, 5.41) is 13.7. The van der Waals surface area contributed by atoms with Gasteiger partial charge in [0, 0.05) is 34.2 Å². The highest BCUT2D eigenvalue weighted by atomic mass is 15.1. The van der Waals surface area contributed by atoms with E-state index in [2.05, 4.69) is 16.1 Å². The van der Waals surface area contributed by atoms with Crippen LogP contribution in [0, 0.1) is 11.3 Å². The molecule has 0 atom stereocenters. The molecule has 3 rings (SSSR count). The number of fused-ring (bicyclic) bond motifs is 1. The SMILES string of the molecule is N#Cc1cn(Cc2ccccc2)c2ccc(N=[N+]=[N-])cc12. The van der Waals surface area contributed by atoms with Crippen molar-refractivity contribution in [2.45, 2.75) is 6.54 Å². The zero-order valence-electron chi connectivity index (χ0n) is 11.1. The summed E-state index contributed by atoms with van der Waals surface area (Å²) in [6.45, 7) is 0.694. The Kier molecular flexibility index (Phi) is 3.30. The van der Waals surface area contributed by atoms with E-state index in [0.717, 1.165) is 16.5 Å². The first-order valence-corrected chi connectivity index (χ1v) is 6.44. The lowest BCUT2D eigenvalue weighted by Gasteiger charge is -2.05. The number of hydrogen-bond acceptors (Lipinski definition) is 2. The van der Waals surface area contributed by atoms with Gasteiger partial charge in [-0.15, -0.1) is 0 Å². The van der Waals surface area contributed by atoms with Crippen LogP contribution in [0.4, 0.5) is 5.69 Å². The quantitative estimate of drug-likeness (QED) is 0.393. The van der Waals surface area contributed by atoms with Crippen LogP contribution in [0.3, 0.4) is 0 Å². The van der Waals surface area contributed by atoms with Crippen molar-refractivity contribution in [2.75, 3.05) is 0 Å². The average Bonchev–Trinajstić information content (AvgIpc) is 2.86. The minimum absolute atomic E-state index is 0.513. The third-order valence-corrected chi connectivity index (χ3v) is 3.34. The molecule has 0 aliphatic heterocycles. The highest BCUT2D eigenvalue weighted by Crippen LogP contribution is 2.26. The van der Waals surface area contributed by atoms with Gasteiger partial charge in [-0.1, -0.05) is 41.5 Å². The van der Waals surface area contributed by atoms with Crippen LogP contribution in [0.15, 0.2) is 59.8 Å². The average molecular weight is 273 g/mol. The number of hydrogen-bond donors (Lipinski definition) is 0. The molecular weight excluding hydrogens is 262 g/mol. The largest absolute Gasteiger partial charge is 0.342 e. The maximum absolute atomic E-state index is 9.27. The predicted molar refractivity (Wildman–Crippen MR) is 81.0 cm³/mol. The van der Waals surface area contributed by atoms with Gasteiger partial charge in [0.25, 0.3) is 0 Å². The number of nitriles is 1. The van der Waals surface area contributed by atoms with Gasteiger partial charge in [0.15, 0.2) is 0 Å². The van der Waals surface area contributed by atoms with Crippen molar-refractivity contribution in [3.8, 4) is 6.07 Å². The first-order chi connectivity index (χ1) is 10.3. The molecule has 5 nitrogen and oxygen atoms in total. The molecule has 2 aromatic carbocycles. The third-order valence-electron chi connectivity index (χ3n) is 3.34. The Morgan fingerprint density at radius 1 is 1.19 bits per heavy atom. The van der Waals surface area contributed by atoms with Gasteiger partial charge < -0.3 is 4.57 Å². The summed E-state index contributed by atoms with van der Waals surface area (Å²) >= 11 is 0. The number of azide groups is 1. The highest BCUT2D eigenvalue weighted by molar-refractivity contribution is 5.88. The van der Waals surface area contributed by atoms with Gasteiger partial charge in [0.2, 0.25) is 0 Å². The van der Waals surface area contributed by atoms with Crippen molar-refractivity contribution in [3.05, 3.63) is 76.3 Å². The number of rotatable bonds is 3. The Morgan fingerprint density at radius 2 is 2.00 bits per heavy atom. The molecule has 0 bridgehead atoms. The van der Waals surface area contributed by atoms with Crippen LogP contribution in [0.2, 0.25) is 0 Å². The smallest absolute Gasteiger partial charge is 0.101 e. The molecule has 0 saturated heterocycles. The van der Waals surface area contributed by atoms with Gasteiger partial charge in [-0.05, 0) is 23.2 Å². The van der Waals surface area contributed by atoms with E-state index >= 15 is 0 Å². The van der Waals surface area contributed by atoms with Gasteiger partial charge >= 0.3 is 0 Å². The summed E-state index contributed by atoms with van der Waals surface area (Å²) < 4.78 is 2.03. The lowest BCUT2D eigenvalue weighted by Crippen LogP contribution is -1.97. The molecule has 0 fully saturated rings. The fourth-order valence-electron chi connectivity index (χ4n) is 2.40. The Morgan fingerprint density at radius 3 is 2.71 bits per heavy atom. The summed E-state index contributed by atoms with van der Waals surface area (Å²) in [5.74, 6) is 0. The van der Waals surface area contributed by atoms with Crippen molar-refractivity contribution in [2.24, 2.45) is 5.11 Å². The van der Waals surface area contributed by atoms with Gasteiger partial charge in [0.1, 0.15) is 6.07 Å². The third kappa shape index (κ3) is 2.44. The van der Waals surface area contributed by atoms with Crippen molar-refractivity contribution < 1.29 is 0 Å². The molecule has 21 heavy (non-hydrogen) atoms. The molecule has 3 aromatic rings. The monoisotopic (exact) mass is 273 g/mol. The van der Waals surface area contributed by atoms with E-state index in [9.17, 15) is 5.26 Å². The highest BCUT2D eigenvalue weighted by Gasteiger charge is 2.09. The van der Waals surface area contributed by atoms with E-state index in [-0.39, 0.29) is 0 Å². The molecule has 1 heterocycles. The molecule has 100 valence electrons. The minimum atomic E-state index is 0.513. The van der Waals surface area contributed by atoms with Gasteiger partial charge in [-0.3, -0.25) is 0 Å². The standard InChI is InChI=1S/C16H11N5/c17-9-13-11-21(10-12-4-2-1-3-5-12)16-7-6-14(19-20-18)8-15(13)16/h1-8,11H,10H2. The Hall–Kier alpha value is -3.22. The van der Waals surface area contributed by atoms with Crippen LogP contribution in [0.1, 0.15) is 11.1 Å². The molecule has 0 aliphatic carbocycles. The van der Waals surface area contributed by atoms with E-state index in [0.29, 0.717) is 17.8 Å². The summed E-state index contributed by atoms with van der Waals surface area (Å²) in [6.07, 6.45) is 1.83.